The lowest BCUT2D eigenvalue weighted by atomic mass is 9.91. The Hall–Kier alpha value is -3.03. The van der Waals surface area contributed by atoms with E-state index in [1.807, 2.05) is 30.3 Å². The van der Waals surface area contributed by atoms with Crippen molar-refractivity contribution in [3.63, 3.8) is 0 Å². The van der Waals surface area contributed by atoms with Crippen molar-refractivity contribution in [2.45, 2.75) is 38.5 Å². The molecule has 1 aliphatic heterocycles. The van der Waals surface area contributed by atoms with Gasteiger partial charge in [-0.1, -0.05) is 44.5 Å². The molecule has 3 aromatic rings. The fourth-order valence-electron chi connectivity index (χ4n) is 4.74. The summed E-state index contributed by atoms with van der Waals surface area (Å²) in [5.41, 5.74) is 3.37. The molecule has 0 radical (unpaired) electrons. The third-order valence-electron chi connectivity index (χ3n) is 6.46. The lowest BCUT2D eigenvalue weighted by molar-refractivity contribution is 0.102. The molecule has 3 aromatic carbocycles. The maximum absolute atomic E-state index is 13.2. The normalized spacial score (nSPS) is 18.1. The molecule has 2 atom stereocenters. The minimum absolute atomic E-state index is 0.101. The number of nitrogens with one attached hydrogen (secondary N) is 2. The molecular formula is C28H32ClN3O3S. The van der Waals surface area contributed by atoms with Crippen LogP contribution in [0.15, 0.2) is 71.6 Å². The number of aryl methyl sites for hydroxylation is 1. The summed E-state index contributed by atoms with van der Waals surface area (Å²) in [6, 6.07) is 18.9. The van der Waals surface area contributed by atoms with Gasteiger partial charge in [-0.15, -0.1) is 0 Å². The second kappa shape index (κ2) is 10.9. The second-order valence-corrected chi connectivity index (χ2v) is 11.8. The van der Waals surface area contributed by atoms with Crippen LogP contribution in [-0.2, 0) is 16.4 Å². The predicted octanol–water partition coefficient (Wildman–Crippen LogP) is 6.44. The van der Waals surface area contributed by atoms with Crippen LogP contribution in [0.25, 0.3) is 0 Å². The van der Waals surface area contributed by atoms with Gasteiger partial charge in [-0.2, -0.15) is 0 Å². The van der Waals surface area contributed by atoms with Crippen LogP contribution >= 0.6 is 11.6 Å². The topological polar surface area (TPSA) is 78.5 Å². The number of carbonyl (C=O) groups excluding carboxylic acids is 1. The van der Waals surface area contributed by atoms with E-state index in [0.29, 0.717) is 33.8 Å². The molecule has 4 rings (SSSR count). The summed E-state index contributed by atoms with van der Waals surface area (Å²) in [5.74, 6) is 0.644. The van der Waals surface area contributed by atoms with Gasteiger partial charge in [0.1, 0.15) is 0 Å². The zero-order chi connectivity index (χ0) is 25.9. The van der Waals surface area contributed by atoms with Gasteiger partial charge in [-0.05, 0) is 84.8 Å². The van der Waals surface area contributed by atoms with E-state index in [-0.39, 0.29) is 10.8 Å². The Kier molecular flexibility index (Phi) is 7.91. The first kappa shape index (κ1) is 26.0. The quantitative estimate of drug-likeness (QED) is 0.372. The van der Waals surface area contributed by atoms with Gasteiger partial charge in [0.2, 0.25) is 0 Å². The number of halogens is 1. The Morgan fingerprint density at radius 2 is 1.61 bits per heavy atom. The van der Waals surface area contributed by atoms with E-state index < -0.39 is 10.0 Å². The number of hydrogen-bond acceptors (Lipinski definition) is 4. The molecule has 2 unspecified atom stereocenters. The number of carbonyl (C=O) groups is 1. The molecule has 6 nitrogen and oxygen atoms in total. The highest BCUT2D eigenvalue weighted by Crippen LogP contribution is 2.34. The van der Waals surface area contributed by atoms with Crippen molar-refractivity contribution in [2.75, 3.05) is 28.0 Å². The Labute approximate surface area is 218 Å². The van der Waals surface area contributed by atoms with Crippen LogP contribution in [0.2, 0.25) is 5.02 Å². The molecule has 0 aromatic heterocycles. The zero-order valence-corrected chi connectivity index (χ0v) is 22.4. The molecule has 1 amide bonds. The zero-order valence-electron chi connectivity index (χ0n) is 20.8. The van der Waals surface area contributed by atoms with Crippen molar-refractivity contribution in [2.24, 2.45) is 11.8 Å². The Bertz CT molecular complexity index is 1320. The summed E-state index contributed by atoms with van der Waals surface area (Å²) < 4.78 is 29.2. The molecule has 8 heteroatoms. The van der Waals surface area contributed by atoms with E-state index in [4.69, 9.17) is 11.6 Å². The number of anilines is 3. The standard InChI is InChI=1S/C28H32ClN3O3S/c1-4-21-5-10-24(11-6-21)30-28(33)22-7-14-27(32-17-19(2)15-20(3)18-32)26(16-22)31-36(34,35)25-12-8-23(29)9-13-25/h5-14,16,19-20,31H,4,15,17-18H2,1-3H3,(H,30,33). The van der Waals surface area contributed by atoms with Crippen LogP contribution in [0, 0.1) is 11.8 Å². The number of sulfonamides is 1. The molecular weight excluding hydrogens is 494 g/mol. The molecule has 1 fully saturated rings. The SMILES string of the molecule is CCc1ccc(NC(=O)c2ccc(N3CC(C)CC(C)C3)c(NS(=O)(=O)c3ccc(Cl)cc3)c2)cc1. The van der Waals surface area contributed by atoms with E-state index in [1.165, 1.54) is 17.7 Å². The van der Waals surface area contributed by atoms with Crippen LogP contribution in [0.3, 0.4) is 0 Å². The van der Waals surface area contributed by atoms with E-state index >= 15 is 0 Å². The fraction of sp³-hybridized carbons (Fsp3) is 0.321. The molecule has 2 N–H and O–H groups in total. The second-order valence-electron chi connectivity index (χ2n) is 9.65. The molecule has 1 saturated heterocycles. The number of piperidine rings is 1. The van der Waals surface area contributed by atoms with Crippen LogP contribution in [0.5, 0.6) is 0 Å². The number of rotatable bonds is 7. The number of amides is 1. The molecule has 1 aliphatic rings. The monoisotopic (exact) mass is 525 g/mol. The first-order chi connectivity index (χ1) is 17.1. The smallest absolute Gasteiger partial charge is 0.261 e. The lowest BCUT2D eigenvalue weighted by Gasteiger charge is -2.37. The summed E-state index contributed by atoms with van der Waals surface area (Å²) in [6.07, 6.45) is 2.04. The van der Waals surface area contributed by atoms with Gasteiger partial charge in [0.25, 0.3) is 15.9 Å². The van der Waals surface area contributed by atoms with Gasteiger partial charge in [-0.3, -0.25) is 9.52 Å². The third kappa shape index (κ3) is 6.20. The minimum Gasteiger partial charge on any atom is -0.369 e. The third-order valence-corrected chi connectivity index (χ3v) is 8.09. The first-order valence-corrected chi connectivity index (χ1v) is 14.1. The lowest BCUT2D eigenvalue weighted by Crippen LogP contribution is -2.39. The average molecular weight is 526 g/mol. The molecule has 0 saturated carbocycles. The van der Waals surface area contributed by atoms with Gasteiger partial charge in [0.15, 0.2) is 0 Å². The van der Waals surface area contributed by atoms with E-state index in [1.54, 1.807) is 24.3 Å². The Morgan fingerprint density at radius 3 is 2.22 bits per heavy atom. The highest BCUT2D eigenvalue weighted by Gasteiger charge is 2.26. The fourth-order valence-corrected chi connectivity index (χ4v) is 5.93. The van der Waals surface area contributed by atoms with Crippen molar-refractivity contribution < 1.29 is 13.2 Å². The molecule has 0 spiro atoms. The molecule has 1 heterocycles. The maximum atomic E-state index is 13.2. The van der Waals surface area contributed by atoms with Gasteiger partial charge >= 0.3 is 0 Å². The van der Waals surface area contributed by atoms with Gasteiger partial charge in [0, 0.05) is 29.4 Å². The molecule has 190 valence electrons. The van der Waals surface area contributed by atoms with Gasteiger partial charge in [0.05, 0.1) is 16.3 Å². The van der Waals surface area contributed by atoms with Crippen LogP contribution in [-0.4, -0.2) is 27.4 Å². The van der Waals surface area contributed by atoms with Crippen LogP contribution < -0.4 is 14.9 Å². The van der Waals surface area contributed by atoms with E-state index in [0.717, 1.165) is 31.6 Å². The summed E-state index contributed by atoms with van der Waals surface area (Å²) >= 11 is 5.95. The maximum Gasteiger partial charge on any atom is 0.261 e. The van der Waals surface area contributed by atoms with Crippen molar-refractivity contribution in [1.82, 2.24) is 0 Å². The summed E-state index contributed by atoms with van der Waals surface area (Å²) in [5, 5.41) is 3.36. The Morgan fingerprint density at radius 1 is 0.972 bits per heavy atom. The Balaban J connectivity index is 1.67. The molecule has 0 bridgehead atoms. The average Bonchev–Trinajstić information content (AvgIpc) is 2.84. The summed E-state index contributed by atoms with van der Waals surface area (Å²) in [6.45, 7) is 8.11. The largest absolute Gasteiger partial charge is 0.369 e. The number of hydrogen-bond donors (Lipinski definition) is 2. The van der Waals surface area contributed by atoms with Crippen LogP contribution in [0.4, 0.5) is 17.1 Å². The van der Waals surface area contributed by atoms with Crippen molar-refractivity contribution in [3.05, 3.63) is 82.9 Å². The molecule has 36 heavy (non-hydrogen) atoms. The van der Waals surface area contributed by atoms with Crippen molar-refractivity contribution >= 4 is 44.6 Å². The van der Waals surface area contributed by atoms with Crippen molar-refractivity contribution in [3.8, 4) is 0 Å². The van der Waals surface area contributed by atoms with Crippen LogP contribution in [0.1, 0.15) is 43.1 Å². The minimum atomic E-state index is -3.89. The number of benzene rings is 3. The van der Waals surface area contributed by atoms with Crippen molar-refractivity contribution in [1.29, 1.82) is 0 Å². The van der Waals surface area contributed by atoms with E-state index in [9.17, 15) is 13.2 Å². The van der Waals surface area contributed by atoms with Gasteiger partial charge in [-0.25, -0.2) is 8.42 Å². The number of nitrogens with zero attached hydrogens (tertiary/aromatic N) is 1. The van der Waals surface area contributed by atoms with E-state index in [2.05, 4.69) is 35.7 Å². The molecule has 0 aliphatic carbocycles. The van der Waals surface area contributed by atoms with Gasteiger partial charge < -0.3 is 10.2 Å². The highest BCUT2D eigenvalue weighted by atomic mass is 35.5. The predicted molar refractivity (Wildman–Crippen MR) is 148 cm³/mol. The summed E-state index contributed by atoms with van der Waals surface area (Å²) in [7, 11) is -3.89. The first-order valence-electron chi connectivity index (χ1n) is 12.2. The summed E-state index contributed by atoms with van der Waals surface area (Å²) in [4.78, 5) is 15.4. The highest BCUT2D eigenvalue weighted by molar-refractivity contribution is 7.92.